The highest BCUT2D eigenvalue weighted by molar-refractivity contribution is 6.04. The Labute approximate surface area is 152 Å². The number of Topliss-reactive ketones (excluding diaryl/α,β-unsaturated/α-hetero) is 1. The molecule has 0 bridgehead atoms. The molecule has 136 valence electrons. The molecule has 1 spiro atoms. The minimum Gasteiger partial charge on any atom is -0.361 e. The molecule has 2 aliphatic carbocycles. The molecule has 0 aromatic carbocycles. The van der Waals surface area contributed by atoms with Gasteiger partial charge in [0.05, 0.1) is 11.3 Å². The number of hydrogen-bond donors (Lipinski definition) is 0. The molecule has 1 saturated carbocycles. The van der Waals surface area contributed by atoms with Crippen LogP contribution in [0.25, 0.3) is 0 Å². The van der Waals surface area contributed by atoms with Crippen LogP contribution >= 0.6 is 0 Å². The summed E-state index contributed by atoms with van der Waals surface area (Å²) in [7, 11) is 0. The Balaban J connectivity index is 1.62. The van der Waals surface area contributed by atoms with E-state index in [9.17, 15) is 14.9 Å². The molecule has 6 heteroatoms. The lowest BCUT2D eigenvalue weighted by atomic mass is 9.64. The summed E-state index contributed by atoms with van der Waals surface area (Å²) >= 11 is 0. The third-order valence-electron chi connectivity index (χ3n) is 5.96. The van der Waals surface area contributed by atoms with Crippen molar-refractivity contribution in [2.75, 3.05) is 13.1 Å². The average Bonchev–Trinajstić information content (AvgIpc) is 3.25. The Kier molecular flexibility index (Phi) is 3.62. The van der Waals surface area contributed by atoms with Crippen LogP contribution in [0.2, 0.25) is 0 Å². The molecule has 0 radical (unpaired) electrons. The number of ketones is 1. The standard InChI is InChI=1S/C20H23N3O3/c1-12-15(16(22-26-12)13-4-5-13)18(25)23-7-6-20(11-23)8-14(9-21)17(24)19(2,3)10-20/h8,13H,4-7,10-11H2,1-3H3/t20-/m0/s1. The van der Waals surface area contributed by atoms with Gasteiger partial charge in [-0.3, -0.25) is 9.59 Å². The molecule has 1 amide bonds. The zero-order valence-corrected chi connectivity index (χ0v) is 15.5. The smallest absolute Gasteiger partial charge is 0.259 e. The number of allylic oxidation sites excluding steroid dienone is 1. The first kappa shape index (κ1) is 17.0. The first-order valence-electron chi connectivity index (χ1n) is 9.19. The van der Waals surface area contributed by atoms with Gasteiger partial charge >= 0.3 is 0 Å². The first-order chi connectivity index (χ1) is 12.3. The monoisotopic (exact) mass is 353 g/mol. The summed E-state index contributed by atoms with van der Waals surface area (Å²) in [5.41, 5.74) is 0.755. The molecular formula is C20H23N3O3. The quantitative estimate of drug-likeness (QED) is 0.815. The number of carbonyl (C=O) groups is 2. The fraction of sp³-hybridized carbons (Fsp3) is 0.600. The molecule has 2 fully saturated rings. The van der Waals surface area contributed by atoms with Crippen LogP contribution in [0, 0.1) is 29.1 Å². The van der Waals surface area contributed by atoms with Gasteiger partial charge in [-0.05, 0) is 32.6 Å². The molecule has 1 aromatic rings. The van der Waals surface area contributed by atoms with Gasteiger partial charge in [-0.1, -0.05) is 25.1 Å². The summed E-state index contributed by atoms with van der Waals surface area (Å²) in [6.45, 7) is 6.71. The summed E-state index contributed by atoms with van der Waals surface area (Å²) in [6, 6.07) is 2.06. The van der Waals surface area contributed by atoms with E-state index in [1.54, 1.807) is 6.92 Å². The van der Waals surface area contributed by atoms with Crippen LogP contribution in [-0.2, 0) is 4.79 Å². The summed E-state index contributed by atoms with van der Waals surface area (Å²) in [4.78, 5) is 27.4. The maximum Gasteiger partial charge on any atom is 0.259 e. The Hall–Kier alpha value is -2.42. The maximum absolute atomic E-state index is 13.2. The van der Waals surface area contributed by atoms with E-state index in [0.717, 1.165) is 25.0 Å². The average molecular weight is 353 g/mol. The SMILES string of the molecule is Cc1onc(C2CC2)c1C(=O)N1CC[C@@]2(C=C(C#N)C(=O)C(C)(C)C2)C1. The normalized spacial score (nSPS) is 27.5. The number of carbonyl (C=O) groups excluding carboxylic acids is 2. The topological polar surface area (TPSA) is 87.2 Å². The van der Waals surface area contributed by atoms with Gasteiger partial charge in [0.1, 0.15) is 17.4 Å². The zero-order chi connectivity index (χ0) is 18.7. The second kappa shape index (κ2) is 5.54. The molecular weight excluding hydrogens is 330 g/mol. The van der Waals surface area contributed by atoms with Crippen LogP contribution in [0.15, 0.2) is 16.2 Å². The van der Waals surface area contributed by atoms with Gasteiger partial charge in [-0.25, -0.2) is 0 Å². The van der Waals surface area contributed by atoms with Crippen LogP contribution in [0.5, 0.6) is 0 Å². The van der Waals surface area contributed by atoms with Crippen molar-refractivity contribution in [3.05, 3.63) is 28.7 Å². The van der Waals surface area contributed by atoms with Gasteiger partial charge in [-0.15, -0.1) is 0 Å². The van der Waals surface area contributed by atoms with E-state index in [-0.39, 0.29) is 22.7 Å². The van der Waals surface area contributed by atoms with Gasteiger partial charge < -0.3 is 9.42 Å². The van der Waals surface area contributed by atoms with Crippen LogP contribution in [0.3, 0.4) is 0 Å². The molecule has 1 saturated heterocycles. The number of hydrogen-bond acceptors (Lipinski definition) is 5. The van der Waals surface area contributed by atoms with Gasteiger partial charge in [-0.2, -0.15) is 5.26 Å². The lowest BCUT2D eigenvalue weighted by Crippen LogP contribution is -2.40. The van der Waals surface area contributed by atoms with E-state index in [0.29, 0.717) is 36.8 Å². The van der Waals surface area contributed by atoms with Crippen molar-refractivity contribution in [2.24, 2.45) is 10.8 Å². The number of nitriles is 1. The zero-order valence-electron chi connectivity index (χ0n) is 15.5. The minimum atomic E-state index is -0.578. The van der Waals surface area contributed by atoms with Crippen molar-refractivity contribution >= 4 is 11.7 Å². The lowest BCUT2D eigenvalue weighted by molar-refractivity contribution is -0.125. The number of aromatic nitrogens is 1. The van der Waals surface area contributed by atoms with Crippen LogP contribution in [-0.4, -0.2) is 34.8 Å². The Morgan fingerprint density at radius 1 is 1.42 bits per heavy atom. The Morgan fingerprint density at radius 3 is 2.81 bits per heavy atom. The van der Waals surface area contributed by atoms with E-state index in [4.69, 9.17) is 4.52 Å². The van der Waals surface area contributed by atoms with E-state index in [1.807, 2.05) is 24.8 Å². The highest BCUT2D eigenvalue weighted by atomic mass is 16.5. The van der Waals surface area contributed by atoms with Gasteiger partial charge in [0.2, 0.25) is 0 Å². The molecule has 1 aromatic heterocycles. The first-order valence-corrected chi connectivity index (χ1v) is 9.19. The van der Waals surface area contributed by atoms with Crippen LogP contribution < -0.4 is 0 Å². The summed E-state index contributed by atoms with van der Waals surface area (Å²) in [5.74, 6) is 0.787. The number of nitrogens with zero attached hydrogens (tertiary/aromatic N) is 3. The van der Waals surface area contributed by atoms with Crippen molar-refractivity contribution in [3.63, 3.8) is 0 Å². The largest absolute Gasteiger partial charge is 0.361 e. The molecule has 1 atom stereocenters. The summed E-state index contributed by atoms with van der Waals surface area (Å²) in [6.07, 6.45) is 5.35. The van der Waals surface area contributed by atoms with Crippen LogP contribution in [0.1, 0.15) is 67.3 Å². The molecule has 26 heavy (non-hydrogen) atoms. The Bertz CT molecular complexity index is 869. The second-order valence-electron chi connectivity index (χ2n) is 8.67. The fourth-order valence-corrected chi connectivity index (χ4v) is 4.61. The summed E-state index contributed by atoms with van der Waals surface area (Å²) in [5, 5.41) is 13.5. The molecule has 0 N–H and O–H groups in total. The van der Waals surface area contributed by atoms with Crippen molar-refractivity contribution in [3.8, 4) is 6.07 Å². The van der Waals surface area contributed by atoms with Crippen molar-refractivity contribution in [2.45, 2.75) is 52.4 Å². The fourth-order valence-electron chi connectivity index (χ4n) is 4.61. The molecule has 1 aliphatic heterocycles. The lowest BCUT2D eigenvalue weighted by Gasteiger charge is -2.38. The maximum atomic E-state index is 13.2. The number of aryl methyl sites for hydroxylation is 1. The predicted octanol–water partition coefficient (Wildman–Crippen LogP) is 3.14. The molecule has 0 unspecified atom stereocenters. The Morgan fingerprint density at radius 2 is 2.15 bits per heavy atom. The van der Waals surface area contributed by atoms with Gasteiger partial charge in [0.15, 0.2) is 5.78 Å². The number of rotatable bonds is 2. The van der Waals surface area contributed by atoms with Gasteiger partial charge in [0, 0.05) is 29.8 Å². The van der Waals surface area contributed by atoms with Crippen molar-refractivity contribution < 1.29 is 14.1 Å². The van der Waals surface area contributed by atoms with Gasteiger partial charge in [0.25, 0.3) is 5.91 Å². The van der Waals surface area contributed by atoms with Crippen molar-refractivity contribution in [1.82, 2.24) is 10.1 Å². The molecule has 6 nitrogen and oxygen atoms in total. The highest BCUT2D eigenvalue weighted by Gasteiger charge is 2.49. The van der Waals surface area contributed by atoms with E-state index in [1.165, 1.54) is 0 Å². The third kappa shape index (κ3) is 2.57. The second-order valence-corrected chi connectivity index (χ2v) is 8.67. The van der Waals surface area contributed by atoms with E-state index < -0.39 is 5.41 Å². The van der Waals surface area contributed by atoms with Crippen molar-refractivity contribution in [1.29, 1.82) is 5.26 Å². The molecule has 3 aliphatic rings. The number of amides is 1. The number of likely N-dealkylation sites (tertiary alicyclic amines) is 1. The van der Waals surface area contributed by atoms with Crippen LogP contribution in [0.4, 0.5) is 0 Å². The predicted molar refractivity (Wildman–Crippen MR) is 93.3 cm³/mol. The third-order valence-corrected chi connectivity index (χ3v) is 5.96. The molecule has 4 rings (SSSR count). The summed E-state index contributed by atoms with van der Waals surface area (Å²) < 4.78 is 5.30. The van der Waals surface area contributed by atoms with E-state index in [2.05, 4.69) is 11.2 Å². The van der Waals surface area contributed by atoms with E-state index >= 15 is 0 Å². The highest BCUT2D eigenvalue weighted by Crippen LogP contribution is 2.48. The molecule has 2 heterocycles. The minimum absolute atomic E-state index is 0.0378.